The average molecular weight is 371 g/mol. The molecule has 128 valence electrons. The van der Waals surface area contributed by atoms with Gasteiger partial charge in [0, 0.05) is 5.38 Å². The predicted molar refractivity (Wildman–Crippen MR) is 87.7 cm³/mol. The molecule has 2 rings (SSSR count). The molecule has 1 atom stereocenters. The van der Waals surface area contributed by atoms with Crippen LogP contribution in [0.3, 0.4) is 0 Å². The van der Waals surface area contributed by atoms with Gasteiger partial charge in [0.05, 0.1) is 6.61 Å². The molecule has 0 aliphatic carbocycles. The summed E-state index contributed by atoms with van der Waals surface area (Å²) in [7, 11) is -4.10. The molecule has 0 spiro atoms. The third-order valence-corrected chi connectivity index (χ3v) is 4.27. The largest absolute Gasteiger partial charge is 0.476 e. The fourth-order valence-corrected chi connectivity index (χ4v) is 2.72. The van der Waals surface area contributed by atoms with Crippen LogP contribution in [0.4, 0.5) is 5.13 Å². The van der Waals surface area contributed by atoms with Gasteiger partial charge in [0.1, 0.15) is 5.69 Å². The number of thiazole rings is 1. The number of aliphatic carboxylic acids is 1. The van der Waals surface area contributed by atoms with E-state index in [1.165, 1.54) is 5.38 Å². The van der Waals surface area contributed by atoms with Crippen molar-refractivity contribution in [1.82, 2.24) is 4.98 Å². The molecule has 0 radical (unpaired) electrons. The molecule has 1 aromatic heterocycles. The van der Waals surface area contributed by atoms with Gasteiger partial charge in [-0.2, -0.15) is 0 Å². The van der Waals surface area contributed by atoms with Crippen LogP contribution >= 0.6 is 18.9 Å². The van der Waals surface area contributed by atoms with E-state index in [1.807, 2.05) is 0 Å². The molecule has 0 saturated carbocycles. The van der Waals surface area contributed by atoms with Gasteiger partial charge >= 0.3 is 13.6 Å². The average Bonchev–Trinajstić information content (AvgIpc) is 2.96. The summed E-state index contributed by atoms with van der Waals surface area (Å²) in [4.78, 5) is 29.2. The minimum atomic E-state index is -4.10. The smallest absolute Gasteiger partial charge is 0.368 e. The van der Waals surface area contributed by atoms with Gasteiger partial charge in [0.25, 0.3) is 0 Å². The van der Waals surface area contributed by atoms with Crippen molar-refractivity contribution in [3.63, 3.8) is 0 Å². The molecular weight excluding hydrogens is 357 g/mol. The van der Waals surface area contributed by atoms with Crippen molar-refractivity contribution in [1.29, 1.82) is 0 Å². The molecule has 4 N–H and O–H groups in total. The number of carboxylic acid groups (broad SMARTS) is 1. The number of anilines is 1. The summed E-state index contributed by atoms with van der Waals surface area (Å²) >= 11 is 1.03. The highest BCUT2D eigenvalue weighted by atomic mass is 32.1. The van der Waals surface area contributed by atoms with Crippen LogP contribution in [-0.4, -0.2) is 33.0 Å². The van der Waals surface area contributed by atoms with Crippen LogP contribution in [0.2, 0.25) is 0 Å². The van der Waals surface area contributed by atoms with E-state index >= 15 is 0 Å². The van der Waals surface area contributed by atoms with Gasteiger partial charge in [0.2, 0.25) is 12.1 Å². The molecule has 11 heteroatoms. The Morgan fingerprint density at radius 1 is 1.38 bits per heavy atom. The quantitative estimate of drug-likeness (QED) is 0.362. The van der Waals surface area contributed by atoms with E-state index in [9.17, 15) is 14.3 Å². The molecule has 0 bridgehead atoms. The van der Waals surface area contributed by atoms with Crippen LogP contribution in [0.25, 0.3) is 0 Å². The number of hydrogen-bond acceptors (Lipinski definition) is 8. The Bertz CT molecular complexity index is 779. The number of benzene rings is 1. The number of carbonyl (C=O) groups is 1. The van der Waals surface area contributed by atoms with Crippen LogP contribution in [0.5, 0.6) is 0 Å². The summed E-state index contributed by atoms with van der Waals surface area (Å²) in [6, 6.07) is 8.79. The first-order chi connectivity index (χ1) is 11.4. The monoisotopic (exact) mass is 371 g/mol. The molecule has 1 heterocycles. The molecule has 1 unspecified atom stereocenters. The lowest BCUT2D eigenvalue weighted by atomic mass is 10.2. The van der Waals surface area contributed by atoms with Crippen molar-refractivity contribution in [3.8, 4) is 0 Å². The van der Waals surface area contributed by atoms with E-state index in [4.69, 9.17) is 15.4 Å². The third kappa shape index (κ3) is 5.43. The molecule has 0 aliphatic rings. The summed E-state index contributed by atoms with van der Waals surface area (Å²) in [5.74, 6) is -1.40. The first-order valence-electron chi connectivity index (χ1n) is 6.52. The van der Waals surface area contributed by atoms with E-state index in [1.54, 1.807) is 30.3 Å². The Kier molecular flexibility index (Phi) is 6.04. The number of carboxylic acids is 1. The van der Waals surface area contributed by atoms with Crippen molar-refractivity contribution >= 4 is 35.7 Å². The second-order valence-electron chi connectivity index (χ2n) is 4.47. The van der Waals surface area contributed by atoms with Crippen molar-refractivity contribution < 1.29 is 28.7 Å². The first-order valence-corrected chi connectivity index (χ1v) is 9.16. The fraction of sp³-hybridized carbons (Fsp3) is 0.154. The molecule has 24 heavy (non-hydrogen) atoms. The minimum Gasteiger partial charge on any atom is -0.476 e. The number of hydrogen-bond donors (Lipinski definition) is 3. The lowest BCUT2D eigenvalue weighted by Gasteiger charge is -2.11. The van der Waals surface area contributed by atoms with Crippen LogP contribution in [0, 0.1) is 0 Å². The molecule has 9 nitrogen and oxygen atoms in total. The Labute approximate surface area is 140 Å². The molecular formula is C13H14N3O6PS. The zero-order chi connectivity index (χ0) is 17.6. The van der Waals surface area contributed by atoms with Crippen LogP contribution in [-0.2, 0) is 25.3 Å². The SMILES string of the molecule is Nc1nc(/C(=N/OCP(=O)(O)OCc2ccccc2)C(=O)O)cs1. The van der Waals surface area contributed by atoms with E-state index in [0.29, 0.717) is 5.56 Å². The summed E-state index contributed by atoms with van der Waals surface area (Å²) < 4.78 is 16.7. The topological polar surface area (TPSA) is 144 Å². The number of oxime groups is 1. The van der Waals surface area contributed by atoms with E-state index < -0.39 is 25.6 Å². The van der Waals surface area contributed by atoms with Gasteiger partial charge in [-0.25, -0.2) is 9.78 Å². The molecule has 0 saturated heterocycles. The Balaban J connectivity index is 1.94. The number of nitrogens with zero attached hydrogens (tertiary/aromatic N) is 2. The summed E-state index contributed by atoms with van der Waals surface area (Å²) in [5, 5.41) is 14.0. The van der Waals surface area contributed by atoms with Gasteiger partial charge in [0.15, 0.2) is 5.13 Å². The number of nitrogens with two attached hydrogens (primary N) is 1. The van der Waals surface area contributed by atoms with Crippen LogP contribution < -0.4 is 5.73 Å². The maximum Gasteiger partial charge on any atom is 0.368 e. The van der Waals surface area contributed by atoms with E-state index in [0.717, 1.165) is 11.3 Å². The number of nitrogen functional groups attached to an aromatic ring is 1. The summed E-state index contributed by atoms with van der Waals surface area (Å²) in [5.41, 5.74) is 5.61. The number of aromatic nitrogens is 1. The van der Waals surface area contributed by atoms with Crippen molar-refractivity contribution in [2.45, 2.75) is 6.61 Å². The first kappa shape index (κ1) is 18.1. The highest BCUT2D eigenvalue weighted by Gasteiger charge is 2.22. The zero-order valence-corrected chi connectivity index (χ0v) is 13.9. The fourth-order valence-electron chi connectivity index (χ4n) is 1.55. The van der Waals surface area contributed by atoms with Crippen LogP contribution in [0.15, 0.2) is 40.9 Å². The maximum absolute atomic E-state index is 11.8. The van der Waals surface area contributed by atoms with Crippen molar-refractivity contribution in [2.24, 2.45) is 5.16 Å². The second-order valence-corrected chi connectivity index (χ2v) is 7.15. The minimum absolute atomic E-state index is 0.00276. The second kappa shape index (κ2) is 8.02. The van der Waals surface area contributed by atoms with Gasteiger partial charge < -0.3 is 25.1 Å². The zero-order valence-electron chi connectivity index (χ0n) is 12.2. The van der Waals surface area contributed by atoms with Crippen molar-refractivity contribution in [3.05, 3.63) is 47.0 Å². The summed E-state index contributed by atoms with van der Waals surface area (Å²) in [6.07, 6.45) is -0.795. The maximum atomic E-state index is 11.8. The van der Waals surface area contributed by atoms with Gasteiger partial charge in [-0.15, -0.1) is 11.3 Å². The Morgan fingerprint density at radius 2 is 2.08 bits per heavy atom. The Morgan fingerprint density at radius 3 is 2.67 bits per heavy atom. The highest BCUT2D eigenvalue weighted by Crippen LogP contribution is 2.42. The normalized spacial score (nSPS) is 14.1. The van der Waals surface area contributed by atoms with E-state index in [2.05, 4.69) is 15.0 Å². The van der Waals surface area contributed by atoms with Gasteiger partial charge in [-0.3, -0.25) is 4.57 Å². The van der Waals surface area contributed by atoms with Gasteiger partial charge in [-0.05, 0) is 5.56 Å². The highest BCUT2D eigenvalue weighted by molar-refractivity contribution is 7.52. The van der Waals surface area contributed by atoms with E-state index in [-0.39, 0.29) is 17.4 Å². The molecule has 1 aromatic carbocycles. The summed E-state index contributed by atoms with van der Waals surface area (Å²) in [6.45, 7) is -0.0872. The Hall–Kier alpha value is -2.26. The molecule has 0 fully saturated rings. The number of rotatable bonds is 8. The molecule has 0 amide bonds. The predicted octanol–water partition coefficient (Wildman–Crippen LogP) is 1.89. The van der Waals surface area contributed by atoms with Crippen molar-refractivity contribution in [2.75, 3.05) is 12.1 Å². The molecule has 2 aromatic rings. The third-order valence-electron chi connectivity index (χ3n) is 2.62. The van der Waals surface area contributed by atoms with Crippen LogP contribution in [0.1, 0.15) is 11.3 Å². The van der Waals surface area contributed by atoms with Gasteiger partial charge in [-0.1, -0.05) is 35.5 Å². The lowest BCUT2D eigenvalue weighted by molar-refractivity contribution is -0.129. The molecule has 0 aliphatic heterocycles. The standard InChI is InChI=1S/C13H14N3O6PS/c14-13-15-10(7-24-13)11(12(17)18)16-21-8-23(19,20)22-6-9-4-2-1-3-5-9/h1-5,7H,6,8H2,(H2,14,15)(H,17,18)(H,19,20)/b16-11-. The lowest BCUT2D eigenvalue weighted by Crippen LogP contribution is -2.16.